The number of rotatable bonds is 2. The third-order valence-electron chi connectivity index (χ3n) is 1.50. The molecule has 4 nitrogen and oxygen atoms in total. The molecule has 1 aliphatic heterocycles. The average molecular weight is 215 g/mol. The minimum atomic E-state index is -0.150. The molecule has 5 heteroatoms. The summed E-state index contributed by atoms with van der Waals surface area (Å²) in [7, 11) is 0. The third-order valence-corrected chi connectivity index (χ3v) is 2.45. The van der Waals surface area contributed by atoms with Gasteiger partial charge in [-0.15, -0.1) is 0 Å². The van der Waals surface area contributed by atoms with Gasteiger partial charge >= 0.3 is 0 Å². The average Bonchev–Trinajstić information content (AvgIpc) is 2.49. The highest BCUT2D eigenvalue weighted by atomic mass is 32.2. The first-order valence-corrected chi connectivity index (χ1v) is 5.68. The topological polar surface area (TPSA) is 53.5 Å². The normalized spacial score (nSPS) is 16.1. The summed E-state index contributed by atoms with van der Waals surface area (Å²) in [6.07, 6.45) is 0. The highest BCUT2D eigenvalue weighted by molar-refractivity contribution is 8.14. The van der Waals surface area contributed by atoms with E-state index in [9.17, 15) is 4.79 Å². The Bertz CT molecular complexity index is 245. The number of hydrogen-bond donors (Lipinski definition) is 2. The van der Waals surface area contributed by atoms with Gasteiger partial charge in [-0.05, 0) is 20.8 Å². The Labute approximate surface area is 88.9 Å². The third kappa shape index (κ3) is 4.50. The first kappa shape index (κ1) is 11.4. The molecule has 1 heterocycles. The SMILES string of the molecule is CC(C)(C)NC(=O)CSC1=NCCN1. The second kappa shape index (κ2) is 4.68. The fraction of sp³-hybridized carbons (Fsp3) is 0.778. The Morgan fingerprint density at radius 3 is 2.86 bits per heavy atom. The van der Waals surface area contributed by atoms with E-state index in [2.05, 4.69) is 15.6 Å². The molecule has 14 heavy (non-hydrogen) atoms. The predicted molar refractivity (Wildman–Crippen MR) is 60.7 cm³/mol. The van der Waals surface area contributed by atoms with Gasteiger partial charge in [0.2, 0.25) is 5.91 Å². The molecular formula is C9H17N3OS. The molecule has 0 saturated heterocycles. The van der Waals surface area contributed by atoms with Crippen molar-refractivity contribution in [3.63, 3.8) is 0 Å². The predicted octanol–water partition coefficient (Wildman–Crippen LogP) is 0.594. The molecule has 1 amide bonds. The summed E-state index contributed by atoms with van der Waals surface area (Å²) < 4.78 is 0. The van der Waals surface area contributed by atoms with Crippen LogP contribution in [0.5, 0.6) is 0 Å². The maximum atomic E-state index is 11.4. The number of thioether (sulfide) groups is 1. The van der Waals surface area contributed by atoms with E-state index in [1.165, 1.54) is 11.8 Å². The summed E-state index contributed by atoms with van der Waals surface area (Å²) in [6, 6.07) is 0. The molecule has 1 aliphatic rings. The van der Waals surface area contributed by atoms with Gasteiger partial charge in [-0.3, -0.25) is 9.79 Å². The smallest absolute Gasteiger partial charge is 0.230 e. The molecule has 0 atom stereocenters. The zero-order chi connectivity index (χ0) is 10.6. The van der Waals surface area contributed by atoms with E-state index in [-0.39, 0.29) is 11.4 Å². The highest BCUT2D eigenvalue weighted by Crippen LogP contribution is 2.06. The Morgan fingerprint density at radius 1 is 1.64 bits per heavy atom. The van der Waals surface area contributed by atoms with Crippen molar-refractivity contribution in [1.29, 1.82) is 0 Å². The first-order valence-electron chi connectivity index (χ1n) is 4.69. The van der Waals surface area contributed by atoms with Crippen molar-refractivity contribution in [3.8, 4) is 0 Å². The number of carbonyl (C=O) groups is 1. The van der Waals surface area contributed by atoms with Crippen molar-refractivity contribution in [3.05, 3.63) is 0 Å². The summed E-state index contributed by atoms with van der Waals surface area (Å²) in [4.78, 5) is 15.6. The molecule has 0 saturated carbocycles. The van der Waals surface area contributed by atoms with Crippen molar-refractivity contribution in [1.82, 2.24) is 10.6 Å². The van der Waals surface area contributed by atoms with Crippen molar-refractivity contribution in [2.75, 3.05) is 18.8 Å². The van der Waals surface area contributed by atoms with Crippen LogP contribution in [-0.2, 0) is 4.79 Å². The molecular weight excluding hydrogens is 198 g/mol. The van der Waals surface area contributed by atoms with E-state index in [4.69, 9.17) is 0 Å². The summed E-state index contributed by atoms with van der Waals surface area (Å²) in [6.45, 7) is 7.63. The van der Waals surface area contributed by atoms with Crippen LogP contribution in [0.4, 0.5) is 0 Å². The van der Waals surface area contributed by atoms with Crippen LogP contribution >= 0.6 is 11.8 Å². The van der Waals surface area contributed by atoms with E-state index in [0.717, 1.165) is 18.3 Å². The minimum Gasteiger partial charge on any atom is -0.363 e. The molecule has 0 aliphatic carbocycles. The quantitative estimate of drug-likeness (QED) is 0.709. The zero-order valence-corrected chi connectivity index (χ0v) is 9.70. The lowest BCUT2D eigenvalue weighted by Gasteiger charge is -2.20. The number of hydrogen-bond acceptors (Lipinski definition) is 4. The Hall–Kier alpha value is -0.710. The molecule has 0 aromatic rings. The minimum absolute atomic E-state index is 0.0545. The van der Waals surface area contributed by atoms with Crippen LogP contribution in [0.3, 0.4) is 0 Å². The highest BCUT2D eigenvalue weighted by Gasteiger charge is 2.15. The summed E-state index contributed by atoms with van der Waals surface area (Å²) in [5.74, 6) is 0.488. The molecule has 0 unspecified atom stereocenters. The van der Waals surface area contributed by atoms with Gasteiger partial charge in [-0.25, -0.2) is 0 Å². The van der Waals surface area contributed by atoms with Gasteiger partial charge in [0, 0.05) is 12.1 Å². The van der Waals surface area contributed by atoms with Gasteiger partial charge in [0.15, 0.2) is 5.17 Å². The second-order valence-electron chi connectivity index (χ2n) is 4.20. The molecule has 1 rings (SSSR count). The van der Waals surface area contributed by atoms with Crippen LogP contribution in [0.2, 0.25) is 0 Å². The van der Waals surface area contributed by atoms with Crippen molar-refractivity contribution in [2.24, 2.45) is 4.99 Å². The number of carbonyl (C=O) groups excluding carboxylic acids is 1. The maximum Gasteiger partial charge on any atom is 0.230 e. The Morgan fingerprint density at radius 2 is 2.36 bits per heavy atom. The molecule has 80 valence electrons. The van der Waals surface area contributed by atoms with Gasteiger partial charge < -0.3 is 10.6 Å². The van der Waals surface area contributed by atoms with Gasteiger partial charge in [0.25, 0.3) is 0 Å². The maximum absolute atomic E-state index is 11.4. The monoisotopic (exact) mass is 215 g/mol. The van der Waals surface area contributed by atoms with E-state index < -0.39 is 0 Å². The number of nitrogens with zero attached hydrogens (tertiary/aromatic N) is 1. The summed E-state index contributed by atoms with van der Waals surface area (Å²) in [5.41, 5.74) is -0.150. The van der Waals surface area contributed by atoms with E-state index in [0.29, 0.717) is 5.75 Å². The van der Waals surface area contributed by atoms with Gasteiger partial charge in [0.1, 0.15) is 0 Å². The van der Waals surface area contributed by atoms with Crippen molar-refractivity contribution in [2.45, 2.75) is 26.3 Å². The van der Waals surface area contributed by atoms with Crippen LogP contribution in [0, 0.1) is 0 Å². The molecule has 0 aromatic carbocycles. The first-order chi connectivity index (χ1) is 6.47. The Kier molecular flexibility index (Phi) is 3.80. The van der Waals surface area contributed by atoms with Crippen LogP contribution in [0.25, 0.3) is 0 Å². The van der Waals surface area contributed by atoms with Crippen LogP contribution < -0.4 is 10.6 Å². The number of nitrogens with one attached hydrogen (secondary N) is 2. The lowest BCUT2D eigenvalue weighted by molar-refractivity contribution is -0.119. The van der Waals surface area contributed by atoms with E-state index in [1.807, 2.05) is 20.8 Å². The molecule has 0 fully saturated rings. The van der Waals surface area contributed by atoms with Gasteiger partial charge in [0.05, 0.1) is 12.3 Å². The standard InChI is InChI=1S/C9H17N3OS/c1-9(2,3)12-7(13)6-14-8-10-4-5-11-8/h4-6H2,1-3H3,(H,10,11)(H,12,13). The van der Waals surface area contributed by atoms with Gasteiger partial charge in [-0.2, -0.15) is 0 Å². The molecule has 0 bridgehead atoms. The fourth-order valence-electron chi connectivity index (χ4n) is 1.06. The van der Waals surface area contributed by atoms with E-state index >= 15 is 0 Å². The summed E-state index contributed by atoms with van der Waals surface area (Å²) >= 11 is 1.46. The largest absolute Gasteiger partial charge is 0.363 e. The van der Waals surface area contributed by atoms with Gasteiger partial charge in [-0.1, -0.05) is 11.8 Å². The number of amides is 1. The second-order valence-corrected chi connectivity index (χ2v) is 5.16. The molecule has 0 radical (unpaired) electrons. The van der Waals surface area contributed by atoms with Crippen molar-refractivity contribution < 1.29 is 4.79 Å². The molecule has 2 N–H and O–H groups in total. The number of amidine groups is 1. The summed E-state index contributed by atoms with van der Waals surface area (Å²) in [5, 5.41) is 6.89. The Balaban J connectivity index is 2.21. The lowest BCUT2D eigenvalue weighted by atomic mass is 10.1. The molecule has 0 aromatic heterocycles. The number of aliphatic imine (C=N–C) groups is 1. The van der Waals surface area contributed by atoms with Crippen LogP contribution in [0.1, 0.15) is 20.8 Å². The lowest BCUT2D eigenvalue weighted by Crippen LogP contribution is -2.41. The van der Waals surface area contributed by atoms with E-state index in [1.54, 1.807) is 0 Å². The van der Waals surface area contributed by atoms with Crippen LogP contribution in [0.15, 0.2) is 4.99 Å². The van der Waals surface area contributed by atoms with Crippen LogP contribution in [-0.4, -0.2) is 35.5 Å². The zero-order valence-electron chi connectivity index (χ0n) is 8.89. The van der Waals surface area contributed by atoms with Crippen molar-refractivity contribution >= 4 is 22.8 Å². The fourth-order valence-corrected chi connectivity index (χ4v) is 1.79. The molecule has 0 spiro atoms.